The molecule has 1 saturated heterocycles. The molecule has 1 aliphatic heterocycles. The van der Waals surface area contributed by atoms with E-state index >= 15 is 0 Å². The van der Waals surface area contributed by atoms with Crippen molar-refractivity contribution >= 4 is 23.4 Å². The van der Waals surface area contributed by atoms with Crippen molar-refractivity contribution in [3.63, 3.8) is 0 Å². The SMILES string of the molecule is CCNc1cc(NCC2CCCOC2)nc(SC)n1. The maximum atomic E-state index is 5.49. The van der Waals surface area contributed by atoms with E-state index < -0.39 is 0 Å². The fourth-order valence-corrected chi connectivity index (χ4v) is 2.48. The molecule has 1 fully saturated rings. The Morgan fingerprint density at radius 3 is 2.79 bits per heavy atom. The van der Waals surface area contributed by atoms with E-state index in [0.717, 1.165) is 49.5 Å². The molecule has 1 aromatic rings. The zero-order valence-electron chi connectivity index (χ0n) is 11.6. The van der Waals surface area contributed by atoms with Crippen LogP contribution in [0.1, 0.15) is 19.8 Å². The Bertz CT molecular complexity index is 396. The molecular formula is C13H22N4OS. The van der Waals surface area contributed by atoms with Gasteiger partial charge in [-0.3, -0.25) is 0 Å². The van der Waals surface area contributed by atoms with Crippen LogP contribution in [0, 0.1) is 5.92 Å². The second kappa shape index (κ2) is 7.55. The molecule has 5 nitrogen and oxygen atoms in total. The fraction of sp³-hybridized carbons (Fsp3) is 0.692. The number of hydrogen-bond acceptors (Lipinski definition) is 6. The van der Waals surface area contributed by atoms with Gasteiger partial charge < -0.3 is 15.4 Å². The summed E-state index contributed by atoms with van der Waals surface area (Å²) in [6.45, 7) is 5.60. The first kappa shape index (κ1) is 14.4. The van der Waals surface area contributed by atoms with Crippen molar-refractivity contribution in [2.24, 2.45) is 5.92 Å². The van der Waals surface area contributed by atoms with E-state index in [1.165, 1.54) is 6.42 Å². The Morgan fingerprint density at radius 1 is 1.37 bits per heavy atom. The highest BCUT2D eigenvalue weighted by Crippen LogP contribution is 2.19. The minimum absolute atomic E-state index is 0.587. The fourth-order valence-electron chi connectivity index (χ4n) is 2.10. The van der Waals surface area contributed by atoms with Crippen LogP contribution in [-0.4, -0.2) is 42.5 Å². The summed E-state index contributed by atoms with van der Waals surface area (Å²) in [5, 5.41) is 7.43. The average molecular weight is 282 g/mol. The highest BCUT2D eigenvalue weighted by atomic mass is 32.2. The highest BCUT2D eigenvalue weighted by Gasteiger charge is 2.14. The Hall–Kier alpha value is -1.01. The lowest BCUT2D eigenvalue weighted by Crippen LogP contribution is -2.24. The number of nitrogens with one attached hydrogen (secondary N) is 2. The van der Waals surface area contributed by atoms with Crippen molar-refractivity contribution in [1.82, 2.24) is 9.97 Å². The van der Waals surface area contributed by atoms with Gasteiger partial charge in [-0.25, -0.2) is 9.97 Å². The van der Waals surface area contributed by atoms with Crippen LogP contribution in [0.5, 0.6) is 0 Å². The quantitative estimate of drug-likeness (QED) is 0.617. The number of thioether (sulfide) groups is 1. The molecule has 1 atom stereocenters. The lowest BCUT2D eigenvalue weighted by Gasteiger charge is -2.22. The Balaban J connectivity index is 1.95. The summed E-state index contributed by atoms with van der Waals surface area (Å²) in [5.74, 6) is 2.36. The van der Waals surface area contributed by atoms with Gasteiger partial charge in [0.15, 0.2) is 5.16 Å². The summed E-state index contributed by atoms with van der Waals surface area (Å²) in [4.78, 5) is 8.89. The van der Waals surface area contributed by atoms with Crippen molar-refractivity contribution in [2.75, 3.05) is 43.2 Å². The van der Waals surface area contributed by atoms with Crippen LogP contribution in [-0.2, 0) is 4.74 Å². The van der Waals surface area contributed by atoms with Crippen molar-refractivity contribution in [1.29, 1.82) is 0 Å². The van der Waals surface area contributed by atoms with E-state index in [0.29, 0.717) is 5.92 Å². The summed E-state index contributed by atoms with van der Waals surface area (Å²) in [5.41, 5.74) is 0. The highest BCUT2D eigenvalue weighted by molar-refractivity contribution is 7.98. The van der Waals surface area contributed by atoms with Gasteiger partial charge >= 0.3 is 0 Å². The third-order valence-electron chi connectivity index (χ3n) is 3.07. The third kappa shape index (κ3) is 4.54. The first-order chi connectivity index (χ1) is 9.31. The van der Waals surface area contributed by atoms with Crippen molar-refractivity contribution in [2.45, 2.75) is 24.9 Å². The number of rotatable bonds is 6. The summed E-state index contributed by atoms with van der Waals surface area (Å²) in [7, 11) is 0. The lowest BCUT2D eigenvalue weighted by atomic mass is 10.0. The molecule has 0 aliphatic carbocycles. The molecule has 2 heterocycles. The van der Waals surface area contributed by atoms with E-state index in [-0.39, 0.29) is 0 Å². The van der Waals surface area contributed by atoms with E-state index in [2.05, 4.69) is 27.5 Å². The van der Waals surface area contributed by atoms with Gasteiger partial charge in [-0.1, -0.05) is 11.8 Å². The van der Waals surface area contributed by atoms with Crippen molar-refractivity contribution in [3.05, 3.63) is 6.07 Å². The molecule has 6 heteroatoms. The topological polar surface area (TPSA) is 59.1 Å². The Kier molecular flexibility index (Phi) is 5.72. The van der Waals surface area contributed by atoms with Crippen LogP contribution < -0.4 is 10.6 Å². The van der Waals surface area contributed by atoms with Crippen molar-refractivity contribution < 1.29 is 4.74 Å². The van der Waals surface area contributed by atoms with Crippen molar-refractivity contribution in [3.8, 4) is 0 Å². The summed E-state index contributed by atoms with van der Waals surface area (Å²) >= 11 is 1.56. The zero-order valence-corrected chi connectivity index (χ0v) is 12.4. The molecule has 0 bridgehead atoms. The van der Waals surface area contributed by atoms with Gasteiger partial charge in [0.25, 0.3) is 0 Å². The Morgan fingerprint density at radius 2 is 2.16 bits per heavy atom. The van der Waals surface area contributed by atoms with Crippen LogP contribution in [0.3, 0.4) is 0 Å². The maximum Gasteiger partial charge on any atom is 0.191 e. The molecule has 1 unspecified atom stereocenters. The number of hydrogen-bond donors (Lipinski definition) is 2. The van der Waals surface area contributed by atoms with E-state index in [9.17, 15) is 0 Å². The molecule has 0 radical (unpaired) electrons. The predicted molar refractivity (Wildman–Crippen MR) is 80.0 cm³/mol. The molecule has 0 spiro atoms. The second-order valence-electron chi connectivity index (χ2n) is 4.62. The zero-order chi connectivity index (χ0) is 13.5. The van der Waals surface area contributed by atoms with Gasteiger partial charge in [-0.15, -0.1) is 0 Å². The molecule has 2 N–H and O–H groups in total. The van der Waals surface area contributed by atoms with Gasteiger partial charge in [0, 0.05) is 25.8 Å². The summed E-state index contributed by atoms with van der Waals surface area (Å²) in [6.07, 6.45) is 4.38. The van der Waals surface area contributed by atoms with Gasteiger partial charge in [0.1, 0.15) is 11.6 Å². The van der Waals surface area contributed by atoms with E-state index in [1.807, 2.05) is 12.3 Å². The molecule has 0 amide bonds. The van der Waals surface area contributed by atoms with Crippen LogP contribution >= 0.6 is 11.8 Å². The van der Waals surface area contributed by atoms with E-state index in [4.69, 9.17) is 4.74 Å². The number of anilines is 2. The van der Waals surface area contributed by atoms with Gasteiger partial charge in [-0.2, -0.15) is 0 Å². The van der Waals surface area contributed by atoms with Crippen LogP contribution in [0.25, 0.3) is 0 Å². The number of ether oxygens (including phenoxy) is 1. The Labute approximate surface area is 118 Å². The largest absolute Gasteiger partial charge is 0.381 e. The third-order valence-corrected chi connectivity index (χ3v) is 3.62. The minimum Gasteiger partial charge on any atom is -0.381 e. The standard InChI is InChI=1S/C13H22N4OS/c1-3-14-11-7-12(17-13(16-11)19-2)15-8-10-5-4-6-18-9-10/h7,10H,3-6,8-9H2,1-2H3,(H2,14,15,16,17). The second-order valence-corrected chi connectivity index (χ2v) is 5.39. The number of nitrogens with zero attached hydrogens (tertiary/aromatic N) is 2. The smallest absolute Gasteiger partial charge is 0.191 e. The molecule has 0 saturated carbocycles. The molecule has 106 valence electrons. The van der Waals surface area contributed by atoms with Crippen LogP contribution in [0.4, 0.5) is 11.6 Å². The average Bonchev–Trinajstić information content (AvgIpc) is 2.46. The monoisotopic (exact) mass is 282 g/mol. The number of aromatic nitrogens is 2. The molecular weight excluding hydrogens is 260 g/mol. The van der Waals surface area contributed by atoms with Gasteiger partial charge in [0.05, 0.1) is 6.61 Å². The van der Waals surface area contributed by atoms with Gasteiger partial charge in [0.2, 0.25) is 0 Å². The lowest BCUT2D eigenvalue weighted by molar-refractivity contribution is 0.0595. The molecule has 19 heavy (non-hydrogen) atoms. The summed E-state index contributed by atoms with van der Waals surface area (Å²) in [6, 6.07) is 1.97. The summed E-state index contributed by atoms with van der Waals surface area (Å²) < 4.78 is 5.49. The first-order valence-electron chi connectivity index (χ1n) is 6.80. The van der Waals surface area contributed by atoms with Crippen LogP contribution in [0.15, 0.2) is 11.2 Å². The predicted octanol–water partition coefficient (Wildman–Crippen LogP) is 2.47. The maximum absolute atomic E-state index is 5.49. The molecule has 2 rings (SSSR count). The molecule has 1 aliphatic rings. The molecule has 0 aromatic carbocycles. The minimum atomic E-state index is 0.587. The molecule has 1 aromatic heterocycles. The van der Waals surface area contributed by atoms with Crippen LogP contribution in [0.2, 0.25) is 0 Å². The normalized spacial score (nSPS) is 19.2. The van der Waals surface area contributed by atoms with Gasteiger partial charge in [-0.05, 0) is 31.9 Å². The first-order valence-corrected chi connectivity index (χ1v) is 8.03. The van der Waals surface area contributed by atoms with E-state index in [1.54, 1.807) is 11.8 Å².